The normalized spacial score (nSPS) is 33.1. The maximum atomic E-state index is 3.89. The number of hydrogen-bond donors (Lipinski definition) is 1. The van der Waals surface area contributed by atoms with Crippen LogP contribution in [0.3, 0.4) is 0 Å². The fourth-order valence-corrected chi connectivity index (χ4v) is 4.98. The molecule has 2 fully saturated rings. The van der Waals surface area contributed by atoms with Gasteiger partial charge in [-0.25, -0.2) is 0 Å². The summed E-state index contributed by atoms with van der Waals surface area (Å²) in [5.41, 5.74) is 1.51. The van der Waals surface area contributed by atoms with Crippen LogP contribution in [0, 0.1) is 0 Å². The number of nitrogens with one attached hydrogen (secondary N) is 1. The van der Waals surface area contributed by atoms with Crippen molar-refractivity contribution in [2.75, 3.05) is 5.75 Å². The Morgan fingerprint density at radius 3 is 2.55 bits per heavy atom. The van der Waals surface area contributed by atoms with Gasteiger partial charge in [0.25, 0.3) is 0 Å². The summed E-state index contributed by atoms with van der Waals surface area (Å²) in [7, 11) is 0. The van der Waals surface area contributed by atoms with Crippen molar-refractivity contribution < 1.29 is 0 Å². The topological polar surface area (TPSA) is 12.0 Å². The van der Waals surface area contributed by atoms with Gasteiger partial charge in [0.2, 0.25) is 0 Å². The molecule has 1 nitrogen and oxygen atoms in total. The summed E-state index contributed by atoms with van der Waals surface area (Å²) in [4.78, 5) is 0. The van der Waals surface area contributed by atoms with Gasteiger partial charge in [0.05, 0.1) is 0 Å². The van der Waals surface area contributed by atoms with Gasteiger partial charge in [-0.3, -0.25) is 0 Å². The zero-order valence-electron chi connectivity index (χ0n) is 12.1. The summed E-state index contributed by atoms with van der Waals surface area (Å²) in [6.07, 6.45) is 6.83. The third-order valence-corrected chi connectivity index (χ3v) is 6.50. The molecule has 1 N–H and O–H groups in total. The van der Waals surface area contributed by atoms with Crippen molar-refractivity contribution in [3.8, 4) is 0 Å². The predicted octanol–water partition coefficient (Wildman–Crippen LogP) is 4.96. The highest BCUT2D eigenvalue weighted by Crippen LogP contribution is 2.39. The third-order valence-electron chi connectivity index (χ3n) is 4.74. The minimum atomic E-state index is 0.763. The van der Waals surface area contributed by atoms with E-state index in [1.165, 1.54) is 47.9 Å². The maximum absolute atomic E-state index is 3.89. The minimum absolute atomic E-state index is 0.763. The van der Waals surface area contributed by atoms with Crippen molar-refractivity contribution in [2.24, 2.45) is 0 Å². The molecule has 0 amide bonds. The lowest BCUT2D eigenvalue weighted by Gasteiger charge is -2.38. The highest BCUT2D eigenvalue weighted by molar-refractivity contribution is 9.10. The van der Waals surface area contributed by atoms with Crippen LogP contribution in [0.1, 0.15) is 50.5 Å². The molecular formula is C17H24BrNS. The molecule has 1 aromatic carbocycles. The first-order chi connectivity index (χ1) is 9.74. The second-order valence-electron chi connectivity index (χ2n) is 6.17. The number of halogens is 1. The molecule has 2 aliphatic rings. The van der Waals surface area contributed by atoms with E-state index in [4.69, 9.17) is 0 Å². The van der Waals surface area contributed by atoms with Gasteiger partial charge in [0.15, 0.2) is 0 Å². The summed E-state index contributed by atoms with van der Waals surface area (Å²) in [5, 5.41) is 4.81. The zero-order chi connectivity index (χ0) is 13.9. The lowest BCUT2D eigenvalue weighted by molar-refractivity contribution is 0.265. The Labute approximate surface area is 135 Å². The molecule has 0 spiro atoms. The van der Waals surface area contributed by atoms with E-state index in [9.17, 15) is 0 Å². The van der Waals surface area contributed by atoms with Gasteiger partial charge in [0, 0.05) is 21.8 Å². The third kappa shape index (κ3) is 3.61. The van der Waals surface area contributed by atoms with Gasteiger partial charge in [-0.1, -0.05) is 35.0 Å². The molecular weight excluding hydrogens is 330 g/mol. The molecule has 2 atom stereocenters. The van der Waals surface area contributed by atoms with E-state index in [2.05, 4.69) is 64.2 Å². The van der Waals surface area contributed by atoms with E-state index >= 15 is 0 Å². The van der Waals surface area contributed by atoms with E-state index < -0.39 is 0 Å². The van der Waals surface area contributed by atoms with Crippen LogP contribution in [-0.4, -0.2) is 23.1 Å². The second-order valence-corrected chi connectivity index (χ2v) is 8.66. The molecule has 2 saturated carbocycles. The molecule has 2 unspecified atom stereocenters. The van der Waals surface area contributed by atoms with Crippen molar-refractivity contribution in [3.05, 3.63) is 34.3 Å². The average molecular weight is 354 g/mol. The molecule has 0 radical (unpaired) electrons. The smallest absolute Gasteiger partial charge is 0.0175 e. The van der Waals surface area contributed by atoms with Crippen molar-refractivity contribution in [2.45, 2.75) is 62.3 Å². The summed E-state index contributed by atoms with van der Waals surface area (Å²) >= 11 is 5.66. The van der Waals surface area contributed by atoms with Gasteiger partial charge < -0.3 is 5.32 Å². The fraction of sp³-hybridized carbons (Fsp3) is 0.647. The Balaban J connectivity index is 1.41. The Morgan fingerprint density at radius 2 is 1.85 bits per heavy atom. The van der Waals surface area contributed by atoms with Crippen LogP contribution in [0.15, 0.2) is 28.7 Å². The summed E-state index contributed by atoms with van der Waals surface area (Å²) in [5.74, 6) is 2.05. The quantitative estimate of drug-likeness (QED) is 0.802. The number of hydrogen-bond acceptors (Lipinski definition) is 2. The van der Waals surface area contributed by atoms with Crippen LogP contribution in [-0.2, 0) is 0 Å². The number of rotatable bonds is 5. The molecule has 3 rings (SSSR count). The molecule has 0 saturated heterocycles. The molecule has 110 valence electrons. The van der Waals surface area contributed by atoms with E-state index in [1.54, 1.807) is 0 Å². The van der Waals surface area contributed by atoms with Crippen molar-refractivity contribution >= 4 is 27.7 Å². The highest BCUT2D eigenvalue weighted by atomic mass is 79.9. The highest BCUT2D eigenvalue weighted by Gasteiger charge is 2.33. The Morgan fingerprint density at radius 1 is 1.10 bits per heavy atom. The average Bonchev–Trinajstić information content (AvgIpc) is 2.83. The van der Waals surface area contributed by atoms with Crippen LogP contribution in [0.5, 0.6) is 0 Å². The summed E-state index contributed by atoms with van der Waals surface area (Å²) < 4.78 is 1.18. The van der Waals surface area contributed by atoms with Crippen molar-refractivity contribution in [3.63, 3.8) is 0 Å². The number of benzene rings is 1. The van der Waals surface area contributed by atoms with E-state index in [0.717, 1.165) is 23.3 Å². The minimum Gasteiger partial charge on any atom is -0.311 e. The molecule has 0 bridgehead atoms. The maximum Gasteiger partial charge on any atom is 0.0175 e. The Bertz CT molecular complexity index is 427. The van der Waals surface area contributed by atoms with E-state index in [1.807, 2.05) is 0 Å². The monoisotopic (exact) mass is 353 g/mol. The molecule has 3 heteroatoms. The summed E-state index contributed by atoms with van der Waals surface area (Å²) in [6.45, 7) is 2.28. The molecule has 2 aliphatic carbocycles. The first-order valence-electron chi connectivity index (χ1n) is 7.87. The Kier molecular flexibility index (Phi) is 5.11. The Hall–Kier alpha value is 0.01000. The van der Waals surface area contributed by atoms with Gasteiger partial charge in [-0.2, -0.15) is 11.8 Å². The molecule has 0 aromatic heterocycles. The van der Waals surface area contributed by atoms with Crippen LogP contribution < -0.4 is 5.32 Å². The van der Waals surface area contributed by atoms with Crippen LogP contribution in [0.2, 0.25) is 0 Å². The first-order valence-corrected chi connectivity index (χ1v) is 9.72. The van der Waals surface area contributed by atoms with E-state index in [-0.39, 0.29) is 0 Å². The zero-order valence-corrected chi connectivity index (χ0v) is 14.6. The van der Waals surface area contributed by atoms with E-state index in [0.29, 0.717) is 0 Å². The predicted molar refractivity (Wildman–Crippen MR) is 92.6 cm³/mol. The lowest BCUT2D eigenvalue weighted by Crippen LogP contribution is -2.44. The molecule has 20 heavy (non-hydrogen) atoms. The van der Waals surface area contributed by atoms with Crippen molar-refractivity contribution in [1.29, 1.82) is 0 Å². The van der Waals surface area contributed by atoms with Gasteiger partial charge in [0.1, 0.15) is 0 Å². The van der Waals surface area contributed by atoms with Gasteiger partial charge in [-0.15, -0.1) is 0 Å². The molecule has 1 aromatic rings. The standard InChI is InChI=1S/C17H24BrNS/c1-2-20-17-8-7-15(11-17)19-16-9-13(10-16)12-3-5-14(18)6-4-12/h3-6,13,15-17,19H,2,7-11H2,1H3. The van der Waals surface area contributed by atoms with Crippen LogP contribution >= 0.6 is 27.7 Å². The molecule has 0 aliphatic heterocycles. The lowest BCUT2D eigenvalue weighted by atomic mass is 9.75. The molecule has 0 heterocycles. The van der Waals surface area contributed by atoms with Crippen LogP contribution in [0.25, 0.3) is 0 Å². The SMILES string of the molecule is CCSC1CCC(NC2CC(c3ccc(Br)cc3)C2)C1. The largest absolute Gasteiger partial charge is 0.311 e. The van der Waals surface area contributed by atoms with Gasteiger partial charge in [-0.05, 0) is 61.5 Å². The second kappa shape index (κ2) is 6.85. The first kappa shape index (κ1) is 14.9. The fourth-order valence-electron chi connectivity index (χ4n) is 3.57. The van der Waals surface area contributed by atoms with Crippen LogP contribution in [0.4, 0.5) is 0 Å². The van der Waals surface area contributed by atoms with Crippen molar-refractivity contribution in [1.82, 2.24) is 5.32 Å². The van der Waals surface area contributed by atoms with Gasteiger partial charge >= 0.3 is 0 Å². The summed E-state index contributed by atoms with van der Waals surface area (Å²) in [6, 6.07) is 10.4. The number of thioether (sulfide) groups is 1.